The van der Waals surface area contributed by atoms with Crippen LogP contribution in [0.1, 0.15) is 11.1 Å². The average Bonchev–Trinajstić information content (AvgIpc) is 3.35. The van der Waals surface area contributed by atoms with E-state index in [4.69, 9.17) is 9.47 Å². The number of hydrogen-bond donors (Lipinski definition) is 1. The minimum Gasteiger partial charge on any atom is -0.497 e. The molecule has 3 aromatic rings. The van der Waals surface area contributed by atoms with Gasteiger partial charge >= 0.3 is 6.09 Å². The molecule has 10 heteroatoms. The molecule has 172 valence electrons. The monoisotopic (exact) mass is 451 g/mol. The minimum atomic E-state index is -1.15. The number of carbonyl (C=O) groups excluding carboxylic acids is 1. The van der Waals surface area contributed by atoms with Gasteiger partial charge in [-0.15, -0.1) is 0 Å². The average molecular weight is 451 g/mol. The predicted molar refractivity (Wildman–Crippen MR) is 118 cm³/mol. The standard InChI is InChI=1S/C23H25N5O5/c1-32-18-9-8-17(20(10-18)33-2)12-27-19(13-26-15-24-14-25-26)21(22(27)29)28(23(30)31)11-16-6-4-3-5-7-16/h3-10,14-15,19,21H,11-13H2,1-2H3,(H,30,31)/t19-,21+/m1/s1. The molecule has 0 bridgehead atoms. The zero-order valence-electron chi connectivity index (χ0n) is 18.4. The molecule has 0 unspecified atom stereocenters. The second-order valence-electron chi connectivity index (χ2n) is 7.67. The van der Waals surface area contributed by atoms with Gasteiger partial charge in [0, 0.05) is 24.7 Å². The van der Waals surface area contributed by atoms with Crippen molar-refractivity contribution in [1.82, 2.24) is 24.6 Å². The van der Waals surface area contributed by atoms with Crippen LogP contribution in [0.3, 0.4) is 0 Å². The Bertz CT molecular complexity index is 1110. The lowest BCUT2D eigenvalue weighted by Gasteiger charge is -2.50. The number of hydrogen-bond acceptors (Lipinski definition) is 6. The maximum absolute atomic E-state index is 13.3. The summed E-state index contributed by atoms with van der Waals surface area (Å²) >= 11 is 0. The summed E-state index contributed by atoms with van der Waals surface area (Å²) in [6, 6.07) is 13.3. The number of benzene rings is 2. The molecule has 1 aromatic heterocycles. The second-order valence-corrected chi connectivity index (χ2v) is 7.67. The number of carbonyl (C=O) groups is 2. The maximum atomic E-state index is 13.3. The van der Waals surface area contributed by atoms with Crippen molar-refractivity contribution in [3.05, 3.63) is 72.3 Å². The largest absolute Gasteiger partial charge is 0.497 e. The number of methoxy groups -OCH3 is 2. The van der Waals surface area contributed by atoms with Crippen LogP contribution in [-0.4, -0.2) is 68.0 Å². The molecule has 0 spiro atoms. The zero-order valence-corrected chi connectivity index (χ0v) is 18.4. The summed E-state index contributed by atoms with van der Waals surface area (Å²) in [5, 5.41) is 14.1. The van der Waals surface area contributed by atoms with Crippen LogP contribution in [0.5, 0.6) is 11.5 Å². The van der Waals surface area contributed by atoms with Crippen molar-refractivity contribution in [2.75, 3.05) is 14.2 Å². The van der Waals surface area contributed by atoms with E-state index in [0.29, 0.717) is 18.0 Å². The minimum absolute atomic E-state index is 0.111. The molecule has 2 atom stereocenters. The first-order valence-corrected chi connectivity index (χ1v) is 10.4. The molecule has 33 heavy (non-hydrogen) atoms. The van der Waals surface area contributed by atoms with Crippen molar-refractivity contribution in [1.29, 1.82) is 0 Å². The van der Waals surface area contributed by atoms with E-state index in [0.717, 1.165) is 11.1 Å². The molecular formula is C23H25N5O5. The first-order chi connectivity index (χ1) is 16.0. The molecule has 1 N–H and O–H groups in total. The molecule has 2 amide bonds. The van der Waals surface area contributed by atoms with Gasteiger partial charge in [0.25, 0.3) is 0 Å². The van der Waals surface area contributed by atoms with Crippen LogP contribution < -0.4 is 9.47 Å². The van der Waals surface area contributed by atoms with Crippen LogP contribution in [0.15, 0.2) is 61.2 Å². The van der Waals surface area contributed by atoms with Crippen molar-refractivity contribution < 1.29 is 24.2 Å². The summed E-state index contributed by atoms with van der Waals surface area (Å²) in [7, 11) is 3.12. The highest BCUT2D eigenvalue weighted by atomic mass is 16.5. The van der Waals surface area contributed by atoms with E-state index in [1.165, 1.54) is 11.2 Å². The molecule has 1 fully saturated rings. The zero-order chi connectivity index (χ0) is 23.4. The van der Waals surface area contributed by atoms with Crippen molar-refractivity contribution in [2.45, 2.75) is 31.7 Å². The highest BCUT2D eigenvalue weighted by Crippen LogP contribution is 2.33. The Balaban J connectivity index is 1.61. The highest BCUT2D eigenvalue weighted by Gasteiger charge is 2.52. The van der Waals surface area contributed by atoms with Gasteiger partial charge in [0.2, 0.25) is 5.91 Å². The lowest BCUT2D eigenvalue weighted by molar-refractivity contribution is -0.160. The first kappa shape index (κ1) is 22.1. The van der Waals surface area contributed by atoms with Crippen LogP contribution in [0.2, 0.25) is 0 Å². The van der Waals surface area contributed by atoms with Crippen LogP contribution in [0.4, 0.5) is 4.79 Å². The molecule has 1 aliphatic heterocycles. The third-order valence-electron chi connectivity index (χ3n) is 5.75. The van der Waals surface area contributed by atoms with E-state index >= 15 is 0 Å². The molecule has 0 aliphatic carbocycles. The molecule has 1 saturated heterocycles. The Labute approximate surface area is 191 Å². The number of ether oxygens (including phenoxy) is 2. The summed E-state index contributed by atoms with van der Waals surface area (Å²) in [5.41, 5.74) is 1.60. The predicted octanol–water partition coefficient (Wildman–Crippen LogP) is 2.26. The molecule has 10 nitrogen and oxygen atoms in total. The summed E-state index contributed by atoms with van der Waals surface area (Å²) in [6.07, 6.45) is 1.81. The number of aromatic nitrogens is 3. The second kappa shape index (κ2) is 9.60. The number of carboxylic acid groups (broad SMARTS) is 1. The van der Waals surface area contributed by atoms with Gasteiger partial charge in [0.05, 0.1) is 26.8 Å². The quantitative estimate of drug-likeness (QED) is 0.497. The number of nitrogens with zero attached hydrogens (tertiary/aromatic N) is 5. The van der Waals surface area contributed by atoms with Gasteiger partial charge < -0.3 is 19.5 Å². The number of β-lactam (4-membered cyclic amide) rings is 1. The Kier molecular flexibility index (Phi) is 6.43. The highest BCUT2D eigenvalue weighted by molar-refractivity contribution is 5.92. The Morgan fingerprint density at radius 3 is 2.58 bits per heavy atom. The molecular weight excluding hydrogens is 426 g/mol. The van der Waals surface area contributed by atoms with Gasteiger partial charge in [-0.1, -0.05) is 30.3 Å². The Morgan fingerprint density at radius 1 is 1.15 bits per heavy atom. The van der Waals surface area contributed by atoms with Gasteiger partial charge in [-0.25, -0.2) is 9.78 Å². The van der Waals surface area contributed by atoms with E-state index in [9.17, 15) is 14.7 Å². The third kappa shape index (κ3) is 4.59. The lowest BCUT2D eigenvalue weighted by Crippen LogP contribution is -2.71. The van der Waals surface area contributed by atoms with Gasteiger partial charge in [-0.3, -0.25) is 14.4 Å². The van der Waals surface area contributed by atoms with Gasteiger partial charge in [-0.2, -0.15) is 5.10 Å². The number of rotatable bonds is 9. The SMILES string of the molecule is COc1ccc(CN2C(=O)[C@@H](N(Cc3ccccc3)C(=O)O)[C@H]2Cn2cncn2)c(OC)c1. The van der Waals surface area contributed by atoms with Crippen molar-refractivity contribution in [3.63, 3.8) is 0 Å². The fraction of sp³-hybridized carbons (Fsp3) is 0.304. The number of likely N-dealkylation sites (tertiary alicyclic amines) is 1. The Morgan fingerprint density at radius 2 is 1.94 bits per heavy atom. The Hall–Kier alpha value is -4.08. The molecule has 0 radical (unpaired) electrons. The fourth-order valence-electron chi connectivity index (χ4n) is 4.07. The summed E-state index contributed by atoms with van der Waals surface area (Å²) in [5.74, 6) is 0.961. The fourth-order valence-corrected chi connectivity index (χ4v) is 4.07. The molecule has 2 aromatic carbocycles. The molecule has 1 aliphatic rings. The van der Waals surface area contributed by atoms with Crippen molar-refractivity contribution >= 4 is 12.0 Å². The molecule has 4 rings (SSSR count). The normalized spacial score (nSPS) is 17.4. The van der Waals surface area contributed by atoms with Gasteiger partial charge in [-0.05, 0) is 17.7 Å². The van der Waals surface area contributed by atoms with Crippen LogP contribution in [-0.2, 0) is 24.4 Å². The van der Waals surface area contributed by atoms with E-state index in [2.05, 4.69) is 10.1 Å². The maximum Gasteiger partial charge on any atom is 0.408 e. The van der Waals surface area contributed by atoms with Crippen LogP contribution >= 0.6 is 0 Å². The summed E-state index contributed by atoms with van der Waals surface area (Å²) in [4.78, 5) is 32.2. The van der Waals surface area contributed by atoms with Crippen LogP contribution in [0.25, 0.3) is 0 Å². The van der Waals surface area contributed by atoms with Gasteiger partial charge in [0.15, 0.2) is 0 Å². The van der Waals surface area contributed by atoms with Gasteiger partial charge in [0.1, 0.15) is 30.2 Å². The summed E-state index contributed by atoms with van der Waals surface area (Å²) in [6.45, 7) is 0.689. The molecule has 2 heterocycles. The van der Waals surface area contributed by atoms with E-state index in [1.54, 1.807) is 42.3 Å². The third-order valence-corrected chi connectivity index (χ3v) is 5.75. The number of amides is 2. The lowest BCUT2D eigenvalue weighted by atomic mass is 9.91. The molecule has 0 saturated carbocycles. The smallest absolute Gasteiger partial charge is 0.408 e. The van der Waals surface area contributed by atoms with E-state index in [1.807, 2.05) is 36.4 Å². The van der Waals surface area contributed by atoms with Crippen LogP contribution in [0, 0.1) is 0 Å². The summed E-state index contributed by atoms with van der Waals surface area (Å²) < 4.78 is 12.3. The topological polar surface area (TPSA) is 110 Å². The van der Waals surface area contributed by atoms with E-state index in [-0.39, 0.29) is 19.0 Å². The first-order valence-electron chi connectivity index (χ1n) is 10.4. The van der Waals surface area contributed by atoms with Crippen molar-refractivity contribution in [2.24, 2.45) is 0 Å². The van der Waals surface area contributed by atoms with Crippen molar-refractivity contribution in [3.8, 4) is 11.5 Å². The van der Waals surface area contributed by atoms with E-state index < -0.39 is 18.2 Å².